The van der Waals surface area contributed by atoms with Crippen LogP contribution < -0.4 is 22.1 Å². The zero-order valence-corrected chi connectivity index (χ0v) is 27.6. The number of rotatable bonds is 10. The van der Waals surface area contributed by atoms with Crippen LogP contribution in [0.15, 0.2) is 72.9 Å². The van der Waals surface area contributed by atoms with Crippen LogP contribution >= 0.6 is 0 Å². The third kappa shape index (κ3) is 31.2. The predicted molar refractivity (Wildman–Crippen MR) is 183 cm³/mol. The van der Waals surface area contributed by atoms with Gasteiger partial charge in [0.1, 0.15) is 5.75 Å². The Kier molecular flexibility index (Phi) is 33.1. The molecule has 1 saturated carbocycles. The van der Waals surface area contributed by atoms with Gasteiger partial charge in [0.15, 0.2) is 0 Å². The van der Waals surface area contributed by atoms with Crippen LogP contribution in [0.3, 0.4) is 0 Å². The fourth-order valence-corrected chi connectivity index (χ4v) is 3.53. The Hall–Kier alpha value is -3.32. The third-order valence-electron chi connectivity index (χ3n) is 5.64. The number of phenols is 1. The van der Waals surface area contributed by atoms with Crippen molar-refractivity contribution in [1.29, 1.82) is 0 Å². The molecule has 1 fully saturated rings. The summed E-state index contributed by atoms with van der Waals surface area (Å²) >= 11 is 0. The second-order valence-corrected chi connectivity index (χ2v) is 9.65. The normalized spacial score (nSPS) is 13.8. The standard InChI is InChI=1S/C11H18.C10H19N3O2.C6H7NO.C6H12.C2H6/c1-4-7-10-11(8-5-2)9-6-3;1-4-5-9(11)13-10(15)7(2)6-12-8(3)14;7-5-2-1-3-6(8)4-5;1-2-4-6-5-3-1;1-2/h4,7-8,10H,1,5-6,9H2,2-3H3;4-5,7,9H,6,11H2,1-3H3,(H,12,14)(H,13,15);1-4,8H,7H2;1-6H2;1-2H3/b10-7-,11-8-;5-4-;;;/t;7?,9-;;;/m.1.../s1. The fraction of sp³-hybridized carbons (Fsp3) is 0.543. The first-order chi connectivity index (χ1) is 20.1. The molecule has 1 aromatic rings. The van der Waals surface area contributed by atoms with Crippen molar-refractivity contribution in [2.45, 2.75) is 112 Å². The first-order valence-corrected chi connectivity index (χ1v) is 15.6. The molecule has 0 heterocycles. The quantitative estimate of drug-likeness (QED) is 0.0822. The van der Waals surface area contributed by atoms with Crippen molar-refractivity contribution in [3.8, 4) is 5.75 Å². The molecule has 0 aromatic heterocycles. The lowest BCUT2D eigenvalue weighted by atomic mass is 10.0. The molecule has 7 heteroatoms. The average molecular weight is 587 g/mol. The van der Waals surface area contributed by atoms with Crippen LogP contribution in [0.5, 0.6) is 5.75 Å². The molecule has 1 unspecified atom stereocenters. The van der Waals surface area contributed by atoms with E-state index in [1.807, 2.05) is 32.9 Å². The van der Waals surface area contributed by atoms with Crippen LogP contribution in [-0.4, -0.2) is 29.6 Å². The summed E-state index contributed by atoms with van der Waals surface area (Å²) in [5, 5.41) is 13.9. The number of benzene rings is 1. The zero-order chi connectivity index (χ0) is 32.6. The number of nitrogens with one attached hydrogen (secondary N) is 2. The molecular formula is C35H62N4O3. The number of aromatic hydroxyl groups is 1. The number of allylic oxidation sites excluding steroid dienone is 6. The summed E-state index contributed by atoms with van der Waals surface area (Å²) in [6.07, 6.45) is 23.7. The summed E-state index contributed by atoms with van der Waals surface area (Å²) in [6, 6.07) is 6.50. The van der Waals surface area contributed by atoms with Gasteiger partial charge < -0.3 is 27.2 Å². The molecule has 7 nitrogen and oxygen atoms in total. The molecule has 2 atom stereocenters. The number of hydrogen-bond acceptors (Lipinski definition) is 5. The Morgan fingerprint density at radius 1 is 1.10 bits per heavy atom. The Labute approximate surface area is 257 Å². The van der Waals surface area contributed by atoms with E-state index in [2.05, 4.69) is 43.2 Å². The Balaban J connectivity index is -0.000000495. The minimum Gasteiger partial charge on any atom is -0.508 e. The third-order valence-corrected chi connectivity index (χ3v) is 5.64. The van der Waals surface area contributed by atoms with Gasteiger partial charge >= 0.3 is 0 Å². The largest absolute Gasteiger partial charge is 0.508 e. The molecule has 7 N–H and O–H groups in total. The SMILES string of the molecule is C/C=C\[C@H](N)NC(=O)C(C)CNC(C)=O.C1CCCCC1.C=C/C=C\C(=C/CC)CCC.CC.Nc1cccc(O)c1. The molecule has 2 amide bonds. The molecule has 42 heavy (non-hydrogen) atoms. The predicted octanol–water partition coefficient (Wildman–Crippen LogP) is 7.94. The second-order valence-electron chi connectivity index (χ2n) is 9.65. The van der Waals surface area contributed by atoms with Crippen LogP contribution in [0.4, 0.5) is 5.69 Å². The molecule has 240 valence electrons. The van der Waals surface area contributed by atoms with E-state index in [0.29, 0.717) is 12.2 Å². The molecule has 1 aliphatic carbocycles. The molecule has 0 spiro atoms. The molecule has 0 aliphatic heterocycles. The highest BCUT2D eigenvalue weighted by Crippen LogP contribution is 2.15. The minimum absolute atomic E-state index is 0.146. The highest BCUT2D eigenvalue weighted by Gasteiger charge is 2.14. The highest BCUT2D eigenvalue weighted by atomic mass is 16.3. The number of nitrogen functional groups attached to an aromatic ring is 1. The monoisotopic (exact) mass is 586 g/mol. The first-order valence-electron chi connectivity index (χ1n) is 15.6. The van der Waals surface area contributed by atoms with Gasteiger partial charge in [0, 0.05) is 25.2 Å². The summed E-state index contributed by atoms with van der Waals surface area (Å²) in [5.41, 5.74) is 12.9. The number of carbonyl (C=O) groups is 2. The first kappa shape index (κ1) is 43.1. The van der Waals surface area contributed by atoms with E-state index >= 15 is 0 Å². The van der Waals surface area contributed by atoms with Crippen LogP contribution in [-0.2, 0) is 9.59 Å². The van der Waals surface area contributed by atoms with Crippen molar-refractivity contribution < 1.29 is 14.7 Å². The van der Waals surface area contributed by atoms with Gasteiger partial charge in [0.2, 0.25) is 11.8 Å². The van der Waals surface area contributed by atoms with E-state index in [-0.39, 0.29) is 23.5 Å². The minimum atomic E-state index is -0.470. The van der Waals surface area contributed by atoms with Crippen LogP contribution in [0.2, 0.25) is 0 Å². The molecular weight excluding hydrogens is 524 g/mol. The van der Waals surface area contributed by atoms with Gasteiger partial charge in [-0.15, -0.1) is 0 Å². The number of anilines is 1. The number of phenolic OH excluding ortho intramolecular Hbond substituents is 1. The van der Waals surface area contributed by atoms with Crippen molar-refractivity contribution in [2.75, 3.05) is 12.3 Å². The molecule has 0 radical (unpaired) electrons. The van der Waals surface area contributed by atoms with Crippen molar-refractivity contribution in [3.63, 3.8) is 0 Å². The van der Waals surface area contributed by atoms with E-state index < -0.39 is 6.17 Å². The highest BCUT2D eigenvalue weighted by molar-refractivity contribution is 5.80. The van der Waals surface area contributed by atoms with E-state index in [1.54, 1.807) is 37.3 Å². The molecule has 1 aliphatic rings. The number of nitrogens with two attached hydrogens (primary N) is 2. The summed E-state index contributed by atoms with van der Waals surface area (Å²) in [6.45, 7) is 17.3. The van der Waals surface area contributed by atoms with E-state index in [0.717, 1.165) is 6.42 Å². The summed E-state index contributed by atoms with van der Waals surface area (Å²) in [4.78, 5) is 22.1. The van der Waals surface area contributed by atoms with Gasteiger partial charge in [-0.2, -0.15) is 0 Å². The van der Waals surface area contributed by atoms with Gasteiger partial charge in [-0.1, -0.05) is 134 Å². The lowest BCUT2D eigenvalue weighted by molar-refractivity contribution is -0.125. The van der Waals surface area contributed by atoms with Crippen LogP contribution in [0.25, 0.3) is 0 Å². The summed E-state index contributed by atoms with van der Waals surface area (Å²) < 4.78 is 0. The molecule has 2 rings (SSSR count). The van der Waals surface area contributed by atoms with Gasteiger partial charge in [0.05, 0.1) is 12.1 Å². The Morgan fingerprint density at radius 3 is 2.05 bits per heavy atom. The van der Waals surface area contributed by atoms with Gasteiger partial charge in [-0.25, -0.2) is 0 Å². The number of amides is 2. The molecule has 0 saturated heterocycles. The smallest absolute Gasteiger partial charge is 0.226 e. The van der Waals surface area contributed by atoms with Crippen molar-refractivity contribution in [1.82, 2.24) is 10.6 Å². The van der Waals surface area contributed by atoms with Crippen LogP contribution in [0, 0.1) is 5.92 Å². The van der Waals surface area contributed by atoms with Crippen molar-refractivity contribution in [2.24, 2.45) is 11.7 Å². The Morgan fingerprint density at radius 2 is 1.67 bits per heavy atom. The maximum Gasteiger partial charge on any atom is 0.226 e. The maximum absolute atomic E-state index is 11.5. The number of hydrogen-bond donors (Lipinski definition) is 5. The Bertz CT molecular complexity index is 861. The molecule has 1 aromatic carbocycles. The van der Waals surface area contributed by atoms with Crippen molar-refractivity contribution in [3.05, 3.63) is 72.9 Å². The van der Waals surface area contributed by atoms with Gasteiger partial charge in [-0.3, -0.25) is 9.59 Å². The lowest BCUT2D eigenvalue weighted by Gasteiger charge is -2.15. The topological polar surface area (TPSA) is 130 Å². The summed E-state index contributed by atoms with van der Waals surface area (Å²) in [7, 11) is 0. The number of carbonyl (C=O) groups excluding carboxylic acids is 2. The zero-order valence-electron chi connectivity index (χ0n) is 27.6. The maximum atomic E-state index is 11.5. The molecule has 0 bridgehead atoms. The van der Waals surface area contributed by atoms with E-state index in [9.17, 15) is 9.59 Å². The van der Waals surface area contributed by atoms with Gasteiger partial charge in [0.25, 0.3) is 0 Å². The average Bonchev–Trinajstić information content (AvgIpc) is 2.98. The van der Waals surface area contributed by atoms with Crippen molar-refractivity contribution >= 4 is 17.5 Å². The lowest BCUT2D eigenvalue weighted by Crippen LogP contribution is -2.44. The fourth-order valence-electron chi connectivity index (χ4n) is 3.53. The summed E-state index contributed by atoms with van der Waals surface area (Å²) in [5.74, 6) is -0.392. The van der Waals surface area contributed by atoms with Crippen LogP contribution in [0.1, 0.15) is 106 Å². The second kappa shape index (κ2) is 32.2. The van der Waals surface area contributed by atoms with Gasteiger partial charge in [-0.05, 0) is 31.9 Å². The van der Waals surface area contributed by atoms with E-state index in [4.69, 9.17) is 16.6 Å². The van der Waals surface area contributed by atoms with E-state index in [1.165, 1.54) is 69.9 Å².